The molecule has 3 nitrogen and oxygen atoms in total. The van der Waals surface area contributed by atoms with E-state index in [4.69, 9.17) is 4.74 Å². The van der Waals surface area contributed by atoms with Crippen molar-refractivity contribution < 1.29 is 31.1 Å². The average molecular weight is 620 g/mol. The number of rotatable bonds is 4. The second-order valence-corrected chi connectivity index (χ2v) is 10.7. The lowest BCUT2D eigenvalue weighted by Gasteiger charge is -2.27. The van der Waals surface area contributed by atoms with Crippen LogP contribution in [0.4, 0.5) is 26.3 Å². The third kappa shape index (κ3) is 4.24. The van der Waals surface area contributed by atoms with Crippen LogP contribution in [0.5, 0.6) is 11.5 Å². The Hall–Kier alpha value is -3.53. The van der Waals surface area contributed by atoms with Crippen molar-refractivity contribution in [3.8, 4) is 22.6 Å². The minimum Gasteiger partial charge on any atom is -0.456 e. The van der Waals surface area contributed by atoms with E-state index < -0.39 is 23.5 Å². The monoisotopic (exact) mass is 619 g/mol. The Labute approximate surface area is 232 Å². The minimum absolute atomic E-state index is 0.117. The van der Waals surface area contributed by atoms with Gasteiger partial charge in [-0.3, -0.25) is 4.79 Å². The van der Waals surface area contributed by atoms with E-state index in [1.807, 2.05) is 0 Å². The van der Waals surface area contributed by atoms with Crippen LogP contribution in [0.3, 0.4) is 0 Å². The van der Waals surface area contributed by atoms with Crippen molar-refractivity contribution in [2.75, 3.05) is 5.33 Å². The second-order valence-electron chi connectivity index (χ2n) is 9.87. The molecule has 0 spiro atoms. The molecule has 0 saturated carbocycles. The average Bonchev–Trinajstić information content (AvgIpc) is 2.91. The maximum Gasteiger partial charge on any atom is 0.416 e. The van der Waals surface area contributed by atoms with Crippen LogP contribution in [-0.2, 0) is 25.3 Å². The van der Waals surface area contributed by atoms with Crippen LogP contribution in [0, 0.1) is 0 Å². The smallest absolute Gasteiger partial charge is 0.416 e. The molecule has 1 aromatic heterocycles. The molecule has 40 heavy (non-hydrogen) atoms. The Morgan fingerprint density at radius 3 is 2.20 bits per heavy atom. The molecule has 0 unspecified atom stereocenters. The number of benzene rings is 3. The van der Waals surface area contributed by atoms with Crippen LogP contribution in [0.15, 0.2) is 53.3 Å². The van der Waals surface area contributed by atoms with E-state index in [1.165, 1.54) is 6.07 Å². The molecule has 0 saturated heterocycles. The number of aryl methyl sites for hydroxylation is 1. The minimum atomic E-state index is -4.95. The Kier molecular flexibility index (Phi) is 6.18. The van der Waals surface area contributed by atoms with Crippen molar-refractivity contribution in [1.29, 1.82) is 0 Å². The Bertz CT molecular complexity index is 1860. The molecule has 6 rings (SSSR count). The number of nitrogens with zero attached hydrogens (tertiary/aromatic N) is 1. The fourth-order valence-electron chi connectivity index (χ4n) is 5.68. The van der Waals surface area contributed by atoms with Gasteiger partial charge in [-0.25, -0.2) is 0 Å². The number of fused-ring (bicyclic) bond motifs is 2. The van der Waals surface area contributed by atoms with Crippen molar-refractivity contribution >= 4 is 38.9 Å². The van der Waals surface area contributed by atoms with Gasteiger partial charge in [-0.05, 0) is 84.0 Å². The van der Waals surface area contributed by atoms with Crippen LogP contribution in [0.25, 0.3) is 34.1 Å². The van der Waals surface area contributed by atoms with Crippen LogP contribution < -0.4 is 20.9 Å². The number of alkyl halides is 7. The topological polar surface area (TPSA) is 31.2 Å². The normalized spacial score (nSPS) is 14.3. The summed E-state index contributed by atoms with van der Waals surface area (Å²) >= 11 is 3.40. The number of aromatic nitrogens is 1. The van der Waals surface area contributed by atoms with Crippen molar-refractivity contribution in [2.24, 2.45) is 0 Å². The quantitative estimate of drug-likeness (QED) is 0.179. The SMILES string of the molecule is C=c1c2c3c4c(ccc3c(=O)n1CCCBr)Oc1ccc(-c3cc(C(F)(F)F)cc(C(F)(F)F)c3)cc1C=4CC2. The van der Waals surface area contributed by atoms with Gasteiger partial charge in [0.25, 0.3) is 5.56 Å². The van der Waals surface area contributed by atoms with Crippen molar-refractivity contribution in [3.63, 3.8) is 0 Å². The van der Waals surface area contributed by atoms with E-state index in [2.05, 4.69) is 22.5 Å². The second kappa shape index (κ2) is 9.26. The first-order chi connectivity index (χ1) is 18.9. The summed E-state index contributed by atoms with van der Waals surface area (Å²) in [5.74, 6) is 0.983. The zero-order valence-electron chi connectivity index (χ0n) is 20.8. The molecule has 0 amide bonds. The van der Waals surface area contributed by atoms with E-state index in [-0.39, 0.29) is 22.8 Å². The number of hydrogen-bond donors (Lipinski definition) is 0. The summed E-state index contributed by atoms with van der Waals surface area (Å²) in [6.45, 7) is 4.71. The number of ether oxygens (including phenoxy) is 1. The lowest BCUT2D eigenvalue weighted by Crippen LogP contribution is -2.38. The largest absolute Gasteiger partial charge is 0.456 e. The summed E-state index contributed by atoms with van der Waals surface area (Å²) in [5.41, 5.74) is -0.609. The van der Waals surface area contributed by atoms with Gasteiger partial charge in [0, 0.05) is 38.8 Å². The first kappa shape index (κ1) is 26.7. The Morgan fingerprint density at radius 1 is 0.875 bits per heavy atom. The number of halogens is 7. The van der Waals surface area contributed by atoms with Gasteiger partial charge in [-0.1, -0.05) is 28.6 Å². The maximum atomic E-state index is 13.5. The molecule has 10 heteroatoms. The van der Waals surface area contributed by atoms with Gasteiger partial charge in [-0.15, -0.1) is 0 Å². The standard InChI is InChI=1S/C30H20BrF6NO2/c1-15-20-4-5-21-23-13-16(17-11-18(29(32,33)34)14-19(12-17)30(35,36)37)3-7-24(23)40-25-8-6-22(26(20)27(21)25)28(39)38(15)10-2-9-31/h3,6-8,11-14H,1-2,4-5,9-10H2. The van der Waals surface area contributed by atoms with Crippen molar-refractivity contribution in [2.45, 2.75) is 38.2 Å². The van der Waals surface area contributed by atoms with Gasteiger partial charge < -0.3 is 9.30 Å². The van der Waals surface area contributed by atoms with Gasteiger partial charge in [0.15, 0.2) is 0 Å². The number of hydrogen-bond acceptors (Lipinski definition) is 2. The van der Waals surface area contributed by atoms with Crippen LogP contribution in [-0.4, -0.2) is 9.90 Å². The van der Waals surface area contributed by atoms with Crippen LogP contribution in [0.2, 0.25) is 0 Å². The first-order valence-electron chi connectivity index (χ1n) is 12.5. The maximum absolute atomic E-state index is 13.5. The molecule has 2 heterocycles. The molecular weight excluding hydrogens is 600 g/mol. The molecule has 0 radical (unpaired) electrons. The van der Waals surface area contributed by atoms with E-state index in [0.717, 1.165) is 45.6 Å². The van der Waals surface area contributed by atoms with Crippen molar-refractivity contribution in [3.05, 3.63) is 91.7 Å². The first-order valence-corrected chi connectivity index (χ1v) is 13.6. The van der Waals surface area contributed by atoms with E-state index >= 15 is 0 Å². The van der Waals surface area contributed by atoms with Gasteiger partial charge in [-0.2, -0.15) is 26.3 Å². The molecule has 3 aromatic carbocycles. The third-order valence-electron chi connectivity index (χ3n) is 7.51. The lowest BCUT2D eigenvalue weighted by atomic mass is 9.84. The van der Waals surface area contributed by atoms with Crippen LogP contribution >= 0.6 is 15.9 Å². The Morgan fingerprint density at radius 2 is 1.55 bits per heavy atom. The predicted octanol–water partition coefficient (Wildman–Crippen LogP) is 7.15. The summed E-state index contributed by atoms with van der Waals surface area (Å²) in [7, 11) is 0. The highest BCUT2D eigenvalue weighted by Crippen LogP contribution is 2.42. The molecule has 4 aromatic rings. The lowest BCUT2D eigenvalue weighted by molar-refractivity contribution is -0.143. The van der Waals surface area contributed by atoms with E-state index in [0.29, 0.717) is 47.2 Å². The summed E-state index contributed by atoms with van der Waals surface area (Å²) in [4.78, 5) is 13.4. The van der Waals surface area contributed by atoms with E-state index in [1.54, 1.807) is 28.8 Å². The summed E-state index contributed by atoms with van der Waals surface area (Å²) in [6, 6.07) is 9.58. The molecule has 1 aliphatic heterocycles. The highest BCUT2D eigenvalue weighted by molar-refractivity contribution is 9.09. The van der Waals surface area contributed by atoms with Crippen LogP contribution in [0.1, 0.15) is 35.1 Å². The molecule has 0 N–H and O–H groups in total. The summed E-state index contributed by atoms with van der Waals surface area (Å²) in [5, 5.41) is 3.34. The number of pyridine rings is 1. The van der Waals surface area contributed by atoms with Gasteiger partial charge in [0.05, 0.1) is 11.1 Å². The molecule has 2 aliphatic rings. The zero-order valence-corrected chi connectivity index (χ0v) is 22.4. The van der Waals surface area contributed by atoms with Crippen molar-refractivity contribution in [1.82, 2.24) is 4.57 Å². The molecule has 1 aliphatic carbocycles. The van der Waals surface area contributed by atoms with Gasteiger partial charge >= 0.3 is 12.4 Å². The Balaban J connectivity index is 1.59. The summed E-state index contributed by atoms with van der Waals surface area (Å²) < 4.78 is 88.8. The molecule has 206 valence electrons. The van der Waals surface area contributed by atoms with Gasteiger partial charge in [0.2, 0.25) is 0 Å². The fraction of sp³-hybridized carbons (Fsp3) is 0.233. The predicted molar refractivity (Wildman–Crippen MR) is 144 cm³/mol. The molecular formula is C30H20BrF6NO2. The van der Waals surface area contributed by atoms with Gasteiger partial charge in [0.1, 0.15) is 11.5 Å². The summed E-state index contributed by atoms with van der Waals surface area (Å²) in [6.07, 6.45) is -8.05. The fourth-order valence-corrected chi connectivity index (χ4v) is 5.93. The zero-order chi connectivity index (χ0) is 28.6. The molecule has 0 fully saturated rings. The third-order valence-corrected chi connectivity index (χ3v) is 8.07. The highest BCUT2D eigenvalue weighted by Gasteiger charge is 2.37. The highest BCUT2D eigenvalue weighted by atomic mass is 79.9. The molecule has 0 bridgehead atoms. The molecule has 0 atom stereocenters. The van der Waals surface area contributed by atoms with E-state index in [9.17, 15) is 31.1 Å².